The molecule has 0 unspecified atom stereocenters. The molecule has 0 bridgehead atoms. The molecule has 1 N–H and O–H groups in total. The fourth-order valence-electron chi connectivity index (χ4n) is 2.34. The second-order valence-corrected chi connectivity index (χ2v) is 5.09. The van der Waals surface area contributed by atoms with Gasteiger partial charge in [0.25, 0.3) is 0 Å². The minimum atomic E-state index is -4.47. The van der Waals surface area contributed by atoms with E-state index in [9.17, 15) is 13.2 Å². The summed E-state index contributed by atoms with van der Waals surface area (Å²) in [5.41, 5.74) is 0.197. The molecule has 2 aromatic heterocycles. The number of anilines is 1. The Balaban J connectivity index is 1.72. The van der Waals surface area contributed by atoms with Crippen molar-refractivity contribution in [1.29, 1.82) is 5.26 Å². The van der Waals surface area contributed by atoms with E-state index in [0.29, 0.717) is 18.7 Å². The molecule has 3 rings (SSSR count). The highest BCUT2D eigenvalue weighted by Crippen LogP contribution is 2.31. The van der Waals surface area contributed by atoms with Gasteiger partial charge in [0.05, 0.1) is 16.8 Å². The van der Waals surface area contributed by atoms with Crippen molar-refractivity contribution in [3.8, 4) is 6.07 Å². The second kappa shape index (κ2) is 6.20. The number of fused-ring (bicyclic) bond motifs is 1. The van der Waals surface area contributed by atoms with Gasteiger partial charge in [0.15, 0.2) is 5.65 Å². The Hall–Kier alpha value is -3.08. The second-order valence-electron chi connectivity index (χ2n) is 5.09. The third-order valence-corrected chi connectivity index (χ3v) is 3.52. The van der Waals surface area contributed by atoms with Crippen molar-refractivity contribution in [3.63, 3.8) is 0 Å². The Labute approximate surface area is 135 Å². The SMILES string of the molecule is N#Cc1cc(C(F)(F)F)ccc1NCCc1nnc2ccccn12. The molecule has 0 atom stereocenters. The van der Waals surface area contributed by atoms with Gasteiger partial charge in [-0.15, -0.1) is 10.2 Å². The molecular weight excluding hydrogens is 319 g/mol. The van der Waals surface area contributed by atoms with Gasteiger partial charge in [0.1, 0.15) is 11.9 Å². The molecule has 8 heteroatoms. The number of nitrogens with zero attached hydrogens (tertiary/aromatic N) is 4. The molecule has 2 heterocycles. The van der Waals surface area contributed by atoms with Gasteiger partial charge < -0.3 is 5.32 Å². The summed E-state index contributed by atoms with van der Waals surface area (Å²) in [6.07, 6.45) is -2.12. The number of alkyl halides is 3. The van der Waals surface area contributed by atoms with E-state index in [4.69, 9.17) is 5.26 Å². The number of halogens is 3. The van der Waals surface area contributed by atoms with E-state index in [1.807, 2.05) is 28.8 Å². The van der Waals surface area contributed by atoms with Crippen molar-refractivity contribution < 1.29 is 13.2 Å². The molecule has 1 aromatic carbocycles. The van der Waals surface area contributed by atoms with Crippen LogP contribution >= 0.6 is 0 Å². The molecule has 3 aromatic rings. The van der Waals surface area contributed by atoms with Crippen molar-refractivity contribution >= 4 is 11.3 Å². The van der Waals surface area contributed by atoms with E-state index >= 15 is 0 Å². The Kier molecular flexibility index (Phi) is 4.08. The van der Waals surface area contributed by atoms with E-state index < -0.39 is 11.7 Å². The molecule has 0 radical (unpaired) electrons. The van der Waals surface area contributed by atoms with Crippen LogP contribution in [0, 0.1) is 11.3 Å². The first-order chi connectivity index (χ1) is 11.5. The first-order valence-corrected chi connectivity index (χ1v) is 7.13. The van der Waals surface area contributed by atoms with Crippen molar-refractivity contribution in [3.05, 3.63) is 59.5 Å². The lowest BCUT2D eigenvalue weighted by molar-refractivity contribution is -0.137. The maximum absolute atomic E-state index is 12.7. The number of nitriles is 1. The maximum Gasteiger partial charge on any atom is 0.416 e. The summed E-state index contributed by atoms with van der Waals surface area (Å²) in [5.74, 6) is 0.725. The van der Waals surface area contributed by atoms with Crippen molar-refractivity contribution in [2.24, 2.45) is 0 Å². The Bertz CT molecular complexity index is 908. The van der Waals surface area contributed by atoms with Crippen LogP contribution in [-0.2, 0) is 12.6 Å². The van der Waals surface area contributed by atoms with E-state index in [2.05, 4.69) is 15.5 Å². The summed E-state index contributed by atoms with van der Waals surface area (Å²) in [4.78, 5) is 0. The van der Waals surface area contributed by atoms with Gasteiger partial charge >= 0.3 is 6.18 Å². The molecule has 0 fully saturated rings. The van der Waals surface area contributed by atoms with Crippen LogP contribution < -0.4 is 5.32 Å². The summed E-state index contributed by atoms with van der Waals surface area (Å²) in [6.45, 7) is 0.412. The molecule has 24 heavy (non-hydrogen) atoms. The lowest BCUT2D eigenvalue weighted by Gasteiger charge is -2.11. The first kappa shape index (κ1) is 15.8. The topological polar surface area (TPSA) is 66.0 Å². The van der Waals surface area contributed by atoms with E-state index in [0.717, 1.165) is 23.6 Å². The van der Waals surface area contributed by atoms with E-state index in [-0.39, 0.29) is 5.56 Å². The van der Waals surface area contributed by atoms with Crippen LogP contribution in [0.4, 0.5) is 18.9 Å². The molecule has 122 valence electrons. The molecule has 0 aliphatic carbocycles. The van der Waals surface area contributed by atoms with Crippen LogP contribution in [0.5, 0.6) is 0 Å². The molecule has 0 aliphatic rings. The Morgan fingerprint density at radius 1 is 1.17 bits per heavy atom. The third kappa shape index (κ3) is 3.15. The van der Waals surface area contributed by atoms with Crippen LogP contribution in [0.2, 0.25) is 0 Å². The predicted octanol–water partition coefficient (Wildman–Crippen LogP) is 3.27. The number of rotatable bonds is 4. The summed E-state index contributed by atoms with van der Waals surface area (Å²) in [5, 5.41) is 20.1. The number of aromatic nitrogens is 3. The quantitative estimate of drug-likeness (QED) is 0.797. The van der Waals surface area contributed by atoms with Gasteiger partial charge in [-0.3, -0.25) is 4.40 Å². The third-order valence-electron chi connectivity index (χ3n) is 3.52. The summed E-state index contributed by atoms with van der Waals surface area (Å²) in [7, 11) is 0. The van der Waals surface area contributed by atoms with Gasteiger partial charge in [-0.1, -0.05) is 6.07 Å². The van der Waals surface area contributed by atoms with Gasteiger partial charge in [0.2, 0.25) is 0 Å². The highest BCUT2D eigenvalue weighted by Gasteiger charge is 2.31. The average Bonchev–Trinajstić information content (AvgIpc) is 2.97. The zero-order valence-corrected chi connectivity index (χ0v) is 12.4. The molecule has 0 amide bonds. The zero-order valence-electron chi connectivity index (χ0n) is 12.4. The Morgan fingerprint density at radius 2 is 2.00 bits per heavy atom. The van der Waals surface area contributed by atoms with Crippen molar-refractivity contribution in [1.82, 2.24) is 14.6 Å². The van der Waals surface area contributed by atoms with Crippen LogP contribution in [-0.4, -0.2) is 21.1 Å². The molecule has 0 saturated carbocycles. The van der Waals surface area contributed by atoms with E-state index in [1.165, 1.54) is 6.07 Å². The lowest BCUT2D eigenvalue weighted by Crippen LogP contribution is -2.10. The fourth-order valence-corrected chi connectivity index (χ4v) is 2.34. The van der Waals surface area contributed by atoms with E-state index in [1.54, 1.807) is 6.07 Å². The fraction of sp³-hybridized carbons (Fsp3) is 0.188. The number of nitrogens with one attached hydrogen (secondary N) is 1. The van der Waals surface area contributed by atoms with Crippen LogP contribution in [0.25, 0.3) is 5.65 Å². The van der Waals surface area contributed by atoms with Gasteiger partial charge in [-0.25, -0.2) is 0 Å². The summed E-state index contributed by atoms with van der Waals surface area (Å²) >= 11 is 0. The smallest absolute Gasteiger partial charge is 0.384 e. The normalized spacial score (nSPS) is 11.4. The van der Waals surface area contributed by atoms with Crippen molar-refractivity contribution in [2.75, 3.05) is 11.9 Å². The number of pyridine rings is 1. The number of benzene rings is 1. The number of hydrogen-bond donors (Lipinski definition) is 1. The van der Waals surface area contributed by atoms with Gasteiger partial charge in [-0.2, -0.15) is 18.4 Å². The summed E-state index contributed by atoms with van der Waals surface area (Å²) in [6, 6.07) is 10.4. The van der Waals surface area contributed by atoms with Gasteiger partial charge in [0, 0.05) is 19.2 Å². The average molecular weight is 331 g/mol. The largest absolute Gasteiger partial charge is 0.416 e. The van der Waals surface area contributed by atoms with Crippen LogP contribution in [0.1, 0.15) is 17.0 Å². The predicted molar refractivity (Wildman–Crippen MR) is 81.3 cm³/mol. The molecule has 0 saturated heterocycles. The van der Waals surface area contributed by atoms with Crippen LogP contribution in [0.15, 0.2) is 42.6 Å². The maximum atomic E-state index is 12.7. The van der Waals surface area contributed by atoms with Crippen LogP contribution in [0.3, 0.4) is 0 Å². The molecule has 0 spiro atoms. The minimum Gasteiger partial charge on any atom is -0.384 e. The molecule has 0 aliphatic heterocycles. The highest BCUT2D eigenvalue weighted by atomic mass is 19.4. The van der Waals surface area contributed by atoms with Gasteiger partial charge in [-0.05, 0) is 30.3 Å². The number of hydrogen-bond acceptors (Lipinski definition) is 4. The standard InChI is InChI=1S/C16H12F3N5/c17-16(18,19)12-4-5-13(11(9-12)10-20)21-7-6-15-23-22-14-3-1-2-8-24(14)15/h1-5,8-9,21H,6-7H2. The zero-order chi connectivity index (χ0) is 17.2. The molecular formula is C16H12F3N5. The lowest BCUT2D eigenvalue weighted by atomic mass is 10.1. The monoisotopic (exact) mass is 331 g/mol. The highest BCUT2D eigenvalue weighted by molar-refractivity contribution is 5.59. The molecule has 5 nitrogen and oxygen atoms in total. The summed E-state index contributed by atoms with van der Waals surface area (Å²) < 4.78 is 39.9. The Morgan fingerprint density at radius 3 is 2.75 bits per heavy atom. The van der Waals surface area contributed by atoms with Crippen molar-refractivity contribution in [2.45, 2.75) is 12.6 Å². The first-order valence-electron chi connectivity index (χ1n) is 7.13. The minimum absolute atomic E-state index is 0.0454.